The van der Waals surface area contributed by atoms with Gasteiger partial charge in [0.15, 0.2) is 17.5 Å². The Bertz CT molecular complexity index is 936. The predicted molar refractivity (Wildman–Crippen MR) is 143 cm³/mol. The normalized spacial score (nSPS) is 13.5. The van der Waals surface area contributed by atoms with E-state index in [1.54, 1.807) is 14.2 Å². The van der Waals surface area contributed by atoms with Crippen molar-refractivity contribution in [2.24, 2.45) is 4.99 Å². The first-order chi connectivity index (χ1) is 15.6. The monoisotopic (exact) mass is 566 g/mol. The second-order valence-corrected chi connectivity index (χ2v) is 7.80. The molecule has 0 atom stereocenters. The minimum absolute atomic E-state index is 0. The molecule has 3 rings (SSSR count). The Morgan fingerprint density at radius 2 is 1.82 bits per heavy atom. The van der Waals surface area contributed by atoms with Gasteiger partial charge in [0.2, 0.25) is 5.91 Å². The fourth-order valence-corrected chi connectivity index (χ4v) is 3.79. The fraction of sp³-hybridized carbons (Fsp3) is 0.440. The molecule has 1 amide bonds. The van der Waals surface area contributed by atoms with Crippen molar-refractivity contribution in [2.75, 3.05) is 33.9 Å². The number of hydrogen-bond acceptors (Lipinski definition) is 4. The number of halogens is 1. The summed E-state index contributed by atoms with van der Waals surface area (Å²) in [7, 11) is 3.29. The molecule has 0 spiro atoms. The summed E-state index contributed by atoms with van der Waals surface area (Å²) in [6.45, 7) is 5.71. The number of benzene rings is 2. The molecule has 2 aromatic rings. The maximum atomic E-state index is 11.9. The lowest BCUT2D eigenvalue weighted by molar-refractivity contribution is -0.128. The predicted octanol–water partition coefficient (Wildman–Crippen LogP) is 3.74. The number of likely N-dealkylation sites (tertiary alicyclic amines) is 1. The Morgan fingerprint density at radius 1 is 1.03 bits per heavy atom. The molecule has 1 aliphatic heterocycles. The van der Waals surface area contributed by atoms with Crippen LogP contribution in [-0.2, 0) is 24.3 Å². The van der Waals surface area contributed by atoms with Gasteiger partial charge in [-0.1, -0.05) is 30.3 Å². The molecule has 180 valence electrons. The van der Waals surface area contributed by atoms with Gasteiger partial charge in [0.25, 0.3) is 0 Å². The first kappa shape index (κ1) is 26.8. The van der Waals surface area contributed by atoms with E-state index in [-0.39, 0.29) is 29.9 Å². The van der Waals surface area contributed by atoms with Gasteiger partial charge >= 0.3 is 0 Å². The highest BCUT2D eigenvalue weighted by molar-refractivity contribution is 14.0. The molecule has 1 saturated heterocycles. The van der Waals surface area contributed by atoms with Crippen LogP contribution in [0.15, 0.2) is 47.5 Å². The molecule has 2 N–H and O–H groups in total. The molecule has 0 aromatic heterocycles. The quantitative estimate of drug-likeness (QED) is 0.261. The Morgan fingerprint density at radius 3 is 2.52 bits per heavy atom. The third kappa shape index (κ3) is 8.10. The van der Waals surface area contributed by atoms with Crippen LogP contribution in [-0.4, -0.2) is 50.6 Å². The number of ether oxygens (including phenoxy) is 2. The van der Waals surface area contributed by atoms with Crippen LogP contribution in [0.1, 0.15) is 36.5 Å². The zero-order valence-corrected chi connectivity index (χ0v) is 22.1. The van der Waals surface area contributed by atoms with E-state index in [0.29, 0.717) is 19.5 Å². The van der Waals surface area contributed by atoms with Gasteiger partial charge in [-0.25, -0.2) is 4.99 Å². The lowest BCUT2D eigenvalue weighted by Gasteiger charge is -2.16. The summed E-state index contributed by atoms with van der Waals surface area (Å²) in [6, 6.07) is 14.3. The Kier molecular flexibility index (Phi) is 11.3. The number of aliphatic imine (C=N–C) groups is 1. The highest BCUT2D eigenvalue weighted by Gasteiger charge is 2.19. The maximum Gasteiger partial charge on any atom is 0.222 e. The zero-order valence-electron chi connectivity index (χ0n) is 19.7. The molecule has 0 aliphatic carbocycles. The number of carbonyl (C=O) groups excluding carboxylic acids is 1. The number of carbonyl (C=O) groups is 1. The van der Waals surface area contributed by atoms with Crippen molar-refractivity contribution >= 4 is 35.8 Å². The van der Waals surface area contributed by atoms with Gasteiger partial charge in [-0.05, 0) is 48.6 Å². The average molecular weight is 566 g/mol. The zero-order chi connectivity index (χ0) is 22.8. The van der Waals surface area contributed by atoms with Crippen LogP contribution in [0.3, 0.4) is 0 Å². The number of rotatable bonds is 10. The van der Waals surface area contributed by atoms with Crippen molar-refractivity contribution in [3.63, 3.8) is 0 Å². The second kappa shape index (κ2) is 13.9. The number of nitrogens with one attached hydrogen (secondary N) is 2. The molecular weight excluding hydrogens is 531 g/mol. The average Bonchev–Trinajstić information content (AvgIpc) is 3.21. The van der Waals surface area contributed by atoms with Gasteiger partial charge in [0.05, 0.1) is 20.8 Å². The van der Waals surface area contributed by atoms with Crippen molar-refractivity contribution in [3.8, 4) is 11.5 Å². The minimum atomic E-state index is 0. The SMILES string of the molecule is CCNC(=NCc1cccc(CN2CCCC2=O)c1)NCCc1ccc(OC)c(OC)c1.I. The summed E-state index contributed by atoms with van der Waals surface area (Å²) >= 11 is 0. The highest BCUT2D eigenvalue weighted by atomic mass is 127. The topological polar surface area (TPSA) is 75.2 Å². The molecule has 8 heteroatoms. The number of nitrogens with zero attached hydrogens (tertiary/aromatic N) is 2. The van der Waals surface area contributed by atoms with Crippen molar-refractivity contribution in [2.45, 2.75) is 39.3 Å². The van der Waals surface area contributed by atoms with Crippen LogP contribution in [0.5, 0.6) is 11.5 Å². The summed E-state index contributed by atoms with van der Waals surface area (Å²) in [5.41, 5.74) is 3.45. The van der Waals surface area contributed by atoms with Gasteiger partial charge in [-0.15, -0.1) is 24.0 Å². The van der Waals surface area contributed by atoms with Crippen molar-refractivity contribution in [1.82, 2.24) is 15.5 Å². The van der Waals surface area contributed by atoms with Gasteiger partial charge in [-0.3, -0.25) is 4.79 Å². The minimum Gasteiger partial charge on any atom is -0.493 e. The third-order valence-electron chi connectivity index (χ3n) is 5.45. The van der Waals surface area contributed by atoms with E-state index in [9.17, 15) is 4.79 Å². The lowest BCUT2D eigenvalue weighted by Crippen LogP contribution is -2.38. The standard InChI is InChI=1S/C25H34N4O3.HI/c1-4-26-25(27-13-12-19-10-11-22(31-2)23(16-19)32-3)28-17-20-7-5-8-21(15-20)18-29-14-6-9-24(29)30;/h5,7-8,10-11,15-16H,4,6,9,12-14,17-18H2,1-3H3,(H2,26,27,28);1H. The Hall–Kier alpha value is -2.49. The van der Waals surface area contributed by atoms with Crippen LogP contribution in [0.25, 0.3) is 0 Å². The van der Waals surface area contributed by atoms with E-state index < -0.39 is 0 Å². The largest absolute Gasteiger partial charge is 0.493 e. The highest BCUT2D eigenvalue weighted by Crippen LogP contribution is 2.27. The van der Waals surface area contributed by atoms with Gasteiger partial charge in [-0.2, -0.15) is 0 Å². The molecule has 33 heavy (non-hydrogen) atoms. The first-order valence-electron chi connectivity index (χ1n) is 11.2. The molecule has 1 heterocycles. The summed E-state index contributed by atoms with van der Waals surface area (Å²) in [4.78, 5) is 18.6. The summed E-state index contributed by atoms with van der Waals surface area (Å²) in [5.74, 6) is 2.51. The van der Waals surface area contributed by atoms with Crippen LogP contribution < -0.4 is 20.1 Å². The second-order valence-electron chi connectivity index (χ2n) is 7.80. The van der Waals surface area contributed by atoms with Gasteiger partial charge < -0.3 is 25.0 Å². The molecule has 1 fully saturated rings. The Balaban J connectivity index is 0.00000385. The lowest BCUT2D eigenvalue weighted by atomic mass is 10.1. The van der Waals surface area contributed by atoms with E-state index in [2.05, 4.69) is 35.8 Å². The van der Waals surface area contributed by atoms with Crippen LogP contribution in [0, 0.1) is 0 Å². The molecule has 0 bridgehead atoms. The van der Waals surface area contributed by atoms with Crippen molar-refractivity contribution in [3.05, 3.63) is 59.2 Å². The van der Waals surface area contributed by atoms with E-state index in [0.717, 1.165) is 66.6 Å². The van der Waals surface area contributed by atoms with Crippen LogP contribution >= 0.6 is 24.0 Å². The number of guanidine groups is 1. The molecule has 7 nitrogen and oxygen atoms in total. The summed E-state index contributed by atoms with van der Waals surface area (Å²) in [5, 5.41) is 6.70. The first-order valence-corrected chi connectivity index (χ1v) is 11.2. The van der Waals surface area contributed by atoms with E-state index in [1.165, 1.54) is 0 Å². The van der Waals surface area contributed by atoms with Crippen LogP contribution in [0.2, 0.25) is 0 Å². The molecule has 1 aliphatic rings. The van der Waals surface area contributed by atoms with Crippen LogP contribution in [0.4, 0.5) is 0 Å². The number of hydrogen-bond donors (Lipinski definition) is 2. The Labute approximate surface area is 214 Å². The molecule has 0 radical (unpaired) electrons. The van der Waals surface area contributed by atoms with E-state index in [4.69, 9.17) is 14.5 Å². The molecule has 0 saturated carbocycles. The third-order valence-corrected chi connectivity index (χ3v) is 5.45. The molecule has 0 unspecified atom stereocenters. The van der Waals surface area contributed by atoms with Gasteiger partial charge in [0.1, 0.15) is 0 Å². The van der Waals surface area contributed by atoms with E-state index >= 15 is 0 Å². The fourth-order valence-electron chi connectivity index (χ4n) is 3.79. The number of methoxy groups -OCH3 is 2. The number of amides is 1. The summed E-state index contributed by atoms with van der Waals surface area (Å²) in [6.07, 6.45) is 2.47. The molecular formula is C25H35IN4O3. The molecule has 2 aromatic carbocycles. The maximum absolute atomic E-state index is 11.9. The van der Waals surface area contributed by atoms with E-state index in [1.807, 2.05) is 29.2 Å². The van der Waals surface area contributed by atoms with Crippen molar-refractivity contribution < 1.29 is 14.3 Å². The van der Waals surface area contributed by atoms with Gasteiger partial charge in [0, 0.05) is 32.6 Å². The van der Waals surface area contributed by atoms with Crippen molar-refractivity contribution in [1.29, 1.82) is 0 Å². The summed E-state index contributed by atoms with van der Waals surface area (Å²) < 4.78 is 10.7. The smallest absolute Gasteiger partial charge is 0.222 e.